The molecule has 1 saturated heterocycles. The molecule has 135 heavy (non-hydrogen) atoms. The summed E-state index contributed by atoms with van der Waals surface area (Å²) >= 11 is 1.66. The van der Waals surface area contributed by atoms with Crippen molar-refractivity contribution in [2.45, 2.75) is 226 Å². The Hall–Kier alpha value is -13.4. The highest BCUT2D eigenvalue weighted by atomic mass is 32.1. The van der Waals surface area contributed by atoms with Crippen molar-refractivity contribution < 1.29 is 32.7 Å². The summed E-state index contributed by atoms with van der Waals surface area (Å²) in [7, 11) is 3.73. The third kappa shape index (κ3) is 17.0. The number of benzene rings is 4. The molecule has 4 aliphatic carbocycles. The van der Waals surface area contributed by atoms with Crippen LogP contribution >= 0.6 is 11.3 Å². The number of rotatable bonds is 16. The molecular formula is C105H110F2N22O5S. The summed E-state index contributed by atoms with van der Waals surface area (Å²) in [6, 6.07) is 31.2. The third-order valence-corrected chi connectivity index (χ3v) is 29.4. The normalized spacial score (nSPS) is 16.9. The van der Waals surface area contributed by atoms with Gasteiger partial charge in [0.05, 0.1) is 129 Å². The molecule has 0 atom stereocenters. The van der Waals surface area contributed by atoms with Gasteiger partial charge in [-0.1, -0.05) is 82.3 Å². The van der Waals surface area contributed by atoms with E-state index in [0.29, 0.717) is 106 Å². The SMILES string of the molecule is CCC(=O)N1CCn2c(C3CC(F)(F)C3)nc(-c3cccc4nc(-c5cnn(C)c5)c(C)cc34)c2C1.CCC(=O)N1CCn2c(C3CC3)nc(-c3c(C)ccc4cc(-c5cnc(C)s5)ncc34)c2C1.CCC(=O)N1CCn2c(C3CC3)nc(-c3cccc4cc(C5CCOCC5)ncc34)c2C1.[C-]#[N+]c1cc2c(-c3nc(C4CC4)n4c3CN(C(=O)CC)CC4)cccc2nc1-c1cnn(C)c1. The van der Waals surface area contributed by atoms with E-state index in [1.54, 1.807) is 33.1 Å². The van der Waals surface area contributed by atoms with Crippen molar-refractivity contribution in [1.82, 2.24) is 102 Å². The van der Waals surface area contributed by atoms with Crippen LogP contribution in [0.2, 0.25) is 0 Å². The summed E-state index contributed by atoms with van der Waals surface area (Å²) in [5.74, 6) is 4.16. The number of fused-ring (bicyclic) bond motifs is 8. The smallest absolute Gasteiger partial charge is 0.249 e. The summed E-state index contributed by atoms with van der Waals surface area (Å²) in [4.78, 5) is 107. The van der Waals surface area contributed by atoms with Gasteiger partial charge in [0.2, 0.25) is 35.2 Å². The molecule has 0 radical (unpaired) electrons. The number of halogens is 2. The van der Waals surface area contributed by atoms with Gasteiger partial charge in [-0.2, -0.15) is 10.2 Å². The predicted octanol–water partition coefficient (Wildman–Crippen LogP) is 19.8. The van der Waals surface area contributed by atoms with Gasteiger partial charge in [0.25, 0.3) is 0 Å². The van der Waals surface area contributed by atoms with Crippen LogP contribution in [0.15, 0.2) is 134 Å². The fourth-order valence-electron chi connectivity index (χ4n) is 20.7. The number of aromatic nitrogens is 17. The monoisotopic (exact) mass is 1830 g/mol. The minimum absolute atomic E-state index is 0.0849. The quantitative estimate of drug-likeness (QED) is 0.0814. The molecule has 0 bridgehead atoms. The van der Waals surface area contributed by atoms with Crippen molar-refractivity contribution in [2.24, 2.45) is 14.1 Å². The van der Waals surface area contributed by atoms with Crippen LogP contribution in [0.4, 0.5) is 14.5 Å². The first-order valence-corrected chi connectivity index (χ1v) is 48.7. The number of imidazole rings is 4. The van der Waals surface area contributed by atoms with E-state index in [-0.39, 0.29) is 42.4 Å². The Morgan fingerprint density at radius 1 is 0.444 bits per heavy atom. The van der Waals surface area contributed by atoms with Gasteiger partial charge < -0.3 is 42.6 Å². The second-order valence-electron chi connectivity index (χ2n) is 37.6. The zero-order valence-corrected chi connectivity index (χ0v) is 78.7. The number of alkyl halides is 2. The van der Waals surface area contributed by atoms with E-state index >= 15 is 0 Å². The number of ether oxygens (including phenoxy) is 1. The standard InChI is InChI=1S/C27H28F2N6O.C26H25N7O.C26H27N5OS.C26H30N4O2/c1-4-23(36)34-8-9-35-22(15-34)25(32-26(35)17-11-27(28,29)12-17)19-6-5-7-21-20(19)10-16(2)24(31-21)18-13-30-33(3)14-18;1-4-23(34)32-10-11-33-22(15-32)25(30-26(33)16-8-9-16)18-6-5-7-20-19(18)12-21(27-2)24(29-20)17-13-28-31(3)14-17;1-4-23(32)30-9-10-31-21(14-30)25(29-26(31)17-7-8-17)24-15(2)5-6-18-11-20(28-12-19(18)24)22-13-27-16(3)33-22;1-2-24(31)29-10-11-30-23(16-29)25(28-26(30)18-6-7-18)20-5-3-4-19-14-22(27-15-21(19)20)17-8-12-32-13-9-17/h5-7,10,13-14,17H,4,8-9,11-12,15H2,1-3H3;5-7,12-14,16H,4,8-11,15H2,1,3H3;5-6,11-13,17H,4,7-10,14H2,1-3H3;3-5,14-15,17-18H,2,6-13,16H2,1H3. The Balaban J connectivity index is 0.000000108. The summed E-state index contributed by atoms with van der Waals surface area (Å²) in [6.07, 6.45) is 24.2. The zero-order chi connectivity index (χ0) is 92.9. The maximum atomic E-state index is 13.8. The zero-order valence-electron chi connectivity index (χ0n) is 77.9. The molecule has 690 valence electrons. The Bertz CT molecular complexity index is 7260. The van der Waals surface area contributed by atoms with Crippen molar-refractivity contribution in [3.8, 4) is 78.1 Å². The van der Waals surface area contributed by atoms with Gasteiger partial charge in [-0.15, -0.1) is 11.3 Å². The number of pyridine rings is 4. The van der Waals surface area contributed by atoms with E-state index in [2.05, 4.69) is 99.8 Å². The maximum Gasteiger partial charge on any atom is 0.249 e. The maximum absolute atomic E-state index is 13.8. The highest BCUT2D eigenvalue weighted by Gasteiger charge is 2.49. The fourth-order valence-corrected chi connectivity index (χ4v) is 21.5. The number of carbonyl (C=O) groups excluding carboxylic acids is 4. The second kappa shape index (κ2) is 36.1. The van der Waals surface area contributed by atoms with Crippen LogP contribution in [-0.2, 0) is 90.4 Å². The lowest BCUT2D eigenvalue weighted by Gasteiger charge is -2.36. The van der Waals surface area contributed by atoms with Gasteiger partial charge in [0.1, 0.15) is 23.3 Å². The van der Waals surface area contributed by atoms with Crippen LogP contribution in [0.3, 0.4) is 0 Å². The van der Waals surface area contributed by atoms with Crippen LogP contribution in [0.25, 0.3) is 126 Å². The van der Waals surface area contributed by atoms with E-state index in [9.17, 15) is 28.0 Å². The molecule has 30 heteroatoms. The van der Waals surface area contributed by atoms with Gasteiger partial charge in [-0.25, -0.2) is 43.5 Å². The third-order valence-electron chi connectivity index (χ3n) is 28.4. The molecule has 0 spiro atoms. The molecule has 16 heterocycles. The van der Waals surface area contributed by atoms with Gasteiger partial charge >= 0.3 is 0 Å². The van der Waals surface area contributed by atoms with Gasteiger partial charge in [0.15, 0.2) is 0 Å². The Morgan fingerprint density at radius 3 is 1.35 bits per heavy atom. The average Bonchev–Trinajstić information content (AvgIpc) is 1.61. The highest BCUT2D eigenvalue weighted by molar-refractivity contribution is 7.15. The molecule has 5 fully saturated rings. The van der Waals surface area contributed by atoms with E-state index < -0.39 is 5.92 Å². The molecule has 9 aliphatic rings. The molecule has 0 unspecified atom stereocenters. The van der Waals surface area contributed by atoms with E-state index in [4.69, 9.17) is 51.2 Å². The second-order valence-corrected chi connectivity index (χ2v) is 38.8. The number of nitrogens with zero attached hydrogens (tertiary/aromatic N) is 22. The van der Waals surface area contributed by atoms with Crippen LogP contribution < -0.4 is 0 Å². The van der Waals surface area contributed by atoms with Gasteiger partial charge in [0, 0.05) is 234 Å². The molecule has 5 aliphatic heterocycles. The number of amides is 4. The molecule has 11 aromatic heterocycles. The van der Waals surface area contributed by atoms with Crippen LogP contribution in [0.1, 0.15) is 215 Å². The van der Waals surface area contributed by atoms with Gasteiger partial charge in [-0.05, 0) is 136 Å². The lowest BCUT2D eigenvalue weighted by Crippen LogP contribution is -2.40. The van der Waals surface area contributed by atoms with E-state index in [0.717, 1.165) is 203 Å². The van der Waals surface area contributed by atoms with E-state index in [1.807, 2.05) is 143 Å². The first-order chi connectivity index (χ1) is 65.6. The molecule has 0 N–H and O–H groups in total. The van der Waals surface area contributed by atoms with Crippen molar-refractivity contribution >= 4 is 84.0 Å². The topological polar surface area (TPSA) is 266 Å². The number of hydrogen-bond donors (Lipinski definition) is 0. The first kappa shape index (κ1) is 88.2. The van der Waals surface area contributed by atoms with Crippen LogP contribution in [0, 0.1) is 27.3 Å². The number of carbonyl (C=O) groups is 4. The van der Waals surface area contributed by atoms with Crippen molar-refractivity contribution in [2.75, 3.05) is 39.4 Å². The first-order valence-electron chi connectivity index (χ1n) is 47.9. The lowest BCUT2D eigenvalue weighted by atomic mass is 9.80. The minimum Gasteiger partial charge on any atom is -0.381 e. The van der Waals surface area contributed by atoms with Crippen LogP contribution in [-0.4, -0.2) is 171 Å². The largest absolute Gasteiger partial charge is 0.381 e. The molecule has 4 saturated carbocycles. The summed E-state index contributed by atoms with van der Waals surface area (Å²) < 4.78 is 45.8. The molecule has 15 aromatic rings. The Labute approximate surface area is 785 Å². The molecule has 4 amide bonds. The van der Waals surface area contributed by atoms with E-state index in [1.165, 1.54) is 78.2 Å². The highest BCUT2D eigenvalue weighted by Crippen LogP contribution is 2.52. The number of thiazole rings is 1. The summed E-state index contributed by atoms with van der Waals surface area (Å²) in [5, 5.41) is 16.0. The summed E-state index contributed by atoms with van der Waals surface area (Å²) in [6.45, 7) is 31.4. The molecule has 4 aromatic carbocycles. The fraction of sp³-hybridized carbons (Fsp3) is 0.410. The molecule has 24 rings (SSSR count). The molecule has 27 nitrogen and oxygen atoms in total. The average molecular weight is 1830 g/mol. The lowest BCUT2D eigenvalue weighted by molar-refractivity contribution is -0.133. The van der Waals surface area contributed by atoms with Crippen molar-refractivity contribution in [3.05, 3.63) is 214 Å². The Kier molecular flexibility index (Phi) is 23.6. The van der Waals surface area contributed by atoms with Crippen LogP contribution in [0.5, 0.6) is 0 Å². The molecular weight excluding hydrogens is 1720 g/mol. The number of hydrogen-bond acceptors (Lipinski definition) is 17. The van der Waals surface area contributed by atoms with Gasteiger partial charge in [-0.3, -0.25) is 43.5 Å². The minimum atomic E-state index is -2.63. The number of aryl methyl sites for hydroxylation is 5. The van der Waals surface area contributed by atoms with Crippen molar-refractivity contribution in [1.29, 1.82) is 0 Å². The summed E-state index contributed by atoms with van der Waals surface area (Å²) in [5.41, 5.74) is 22.0. The predicted molar refractivity (Wildman–Crippen MR) is 516 cm³/mol. The van der Waals surface area contributed by atoms with Crippen molar-refractivity contribution in [3.63, 3.8) is 0 Å². The Morgan fingerprint density at radius 2 is 0.889 bits per heavy atom.